The first-order valence-corrected chi connectivity index (χ1v) is 7.03. The third-order valence-electron chi connectivity index (χ3n) is 4.55. The summed E-state index contributed by atoms with van der Waals surface area (Å²) in [6.07, 6.45) is 9.46. The first-order valence-electron chi connectivity index (χ1n) is 7.03. The van der Waals surface area contributed by atoms with E-state index in [1.807, 2.05) is 6.92 Å². The van der Waals surface area contributed by atoms with Crippen molar-refractivity contribution >= 4 is 0 Å². The van der Waals surface area contributed by atoms with E-state index >= 15 is 0 Å². The number of hydrogen-bond acceptors (Lipinski definition) is 2. The molecule has 1 N–H and O–H groups in total. The first-order chi connectivity index (χ1) is 7.61. The number of nitrogens with zero attached hydrogens (tertiary/aromatic N) is 1. The average molecular weight is 225 g/mol. The maximum absolute atomic E-state index is 9.41. The standard InChI is InChI=1S/C14H27NO/c1-12(9-13(2)16)15-10-14(11-15)7-5-3-4-6-8-14/h12-13,16H,3-11H2,1-2H3. The molecule has 0 bridgehead atoms. The molecule has 2 atom stereocenters. The second-order valence-corrected chi connectivity index (χ2v) is 6.25. The molecule has 0 aromatic rings. The molecule has 2 nitrogen and oxygen atoms in total. The molecule has 0 aromatic carbocycles. The van der Waals surface area contributed by atoms with E-state index in [9.17, 15) is 5.11 Å². The van der Waals surface area contributed by atoms with E-state index in [0.717, 1.165) is 6.42 Å². The van der Waals surface area contributed by atoms with Gasteiger partial charge in [0.05, 0.1) is 6.10 Å². The van der Waals surface area contributed by atoms with E-state index in [1.165, 1.54) is 51.6 Å². The lowest BCUT2D eigenvalue weighted by Gasteiger charge is -2.53. The number of hydrogen-bond donors (Lipinski definition) is 1. The molecule has 1 aliphatic heterocycles. The van der Waals surface area contributed by atoms with Gasteiger partial charge in [0.1, 0.15) is 0 Å². The molecule has 16 heavy (non-hydrogen) atoms. The van der Waals surface area contributed by atoms with Crippen LogP contribution in [0.3, 0.4) is 0 Å². The van der Waals surface area contributed by atoms with Crippen molar-refractivity contribution in [3.63, 3.8) is 0 Å². The normalized spacial score (nSPS) is 29.4. The summed E-state index contributed by atoms with van der Waals surface area (Å²) in [5, 5.41) is 9.41. The molecular formula is C14H27NO. The molecule has 1 heterocycles. The van der Waals surface area contributed by atoms with Gasteiger partial charge < -0.3 is 5.11 Å². The van der Waals surface area contributed by atoms with Crippen LogP contribution in [0.4, 0.5) is 0 Å². The van der Waals surface area contributed by atoms with Crippen molar-refractivity contribution in [2.45, 2.75) is 70.9 Å². The Kier molecular flexibility index (Phi) is 3.91. The second-order valence-electron chi connectivity index (χ2n) is 6.25. The lowest BCUT2D eigenvalue weighted by molar-refractivity contribution is -0.0468. The van der Waals surface area contributed by atoms with Gasteiger partial charge in [-0.1, -0.05) is 25.7 Å². The maximum Gasteiger partial charge on any atom is 0.0526 e. The predicted molar refractivity (Wildman–Crippen MR) is 67.5 cm³/mol. The molecule has 2 aliphatic rings. The largest absolute Gasteiger partial charge is 0.393 e. The number of likely N-dealkylation sites (tertiary alicyclic amines) is 1. The molecule has 1 spiro atoms. The second kappa shape index (κ2) is 5.05. The number of rotatable bonds is 3. The molecule has 0 aromatic heterocycles. The van der Waals surface area contributed by atoms with Gasteiger partial charge >= 0.3 is 0 Å². The van der Waals surface area contributed by atoms with Crippen molar-refractivity contribution < 1.29 is 5.11 Å². The molecule has 1 saturated carbocycles. The average Bonchev–Trinajstić information content (AvgIpc) is 2.38. The Morgan fingerprint density at radius 1 is 1.06 bits per heavy atom. The van der Waals surface area contributed by atoms with Crippen LogP contribution < -0.4 is 0 Å². The highest BCUT2D eigenvalue weighted by Crippen LogP contribution is 2.43. The highest BCUT2D eigenvalue weighted by molar-refractivity contribution is 4.97. The van der Waals surface area contributed by atoms with E-state index in [4.69, 9.17) is 0 Å². The van der Waals surface area contributed by atoms with Gasteiger partial charge in [-0.2, -0.15) is 0 Å². The fraction of sp³-hybridized carbons (Fsp3) is 1.00. The minimum atomic E-state index is -0.152. The van der Waals surface area contributed by atoms with Crippen LogP contribution in [0.2, 0.25) is 0 Å². The lowest BCUT2D eigenvalue weighted by Crippen LogP contribution is -2.59. The molecular weight excluding hydrogens is 198 g/mol. The van der Waals surface area contributed by atoms with Gasteiger partial charge in [0, 0.05) is 19.1 Å². The molecule has 2 heteroatoms. The quantitative estimate of drug-likeness (QED) is 0.798. The molecule has 2 rings (SSSR count). The van der Waals surface area contributed by atoms with Crippen molar-refractivity contribution in [2.75, 3.05) is 13.1 Å². The summed E-state index contributed by atoms with van der Waals surface area (Å²) in [6.45, 7) is 6.75. The van der Waals surface area contributed by atoms with Gasteiger partial charge in [-0.3, -0.25) is 4.90 Å². The van der Waals surface area contributed by atoms with Crippen LogP contribution in [0.5, 0.6) is 0 Å². The summed E-state index contributed by atoms with van der Waals surface area (Å²) in [7, 11) is 0. The van der Waals surface area contributed by atoms with E-state index in [0.29, 0.717) is 11.5 Å². The van der Waals surface area contributed by atoms with Gasteiger partial charge in [-0.25, -0.2) is 0 Å². The Bertz CT molecular complexity index is 211. The molecule has 2 fully saturated rings. The van der Waals surface area contributed by atoms with Crippen molar-refractivity contribution in [3.8, 4) is 0 Å². The van der Waals surface area contributed by atoms with Gasteiger partial charge in [0.15, 0.2) is 0 Å². The van der Waals surface area contributed by atoms with Crippen molar-refractivity contribution in [2.24, 2.45) is 5.41 Å². The van der Waals surface area contributed by atoms with E-state index in [-0.39, 0.29) is 6.10 Å². The van der Waals surface area contributed by atoms with Crippen molar-refractivity contribution in [1.29, 1.82) is 0 Å². The van der Waals surface area contributed by atoms with E-state index in [2.05, 4.69) is 11.8 Å². The fourth-order valence-corrected chi connectivity index (χ4v) is 3.56. The zero-order valence-electron chi connectivity index (χ0n) is 10.9. The Balaban J connectivity index is 1.78. The van der Waals surface area contributed by atoms with Gasteiger partial charge in [0.2, 0.25) is 0 Å². The van der Waals surface area contributed by atoms with Crippen LogP contribution in [0.1, 0.15) is 58.8 Å². The summed E-state index contributed by atoms with van der Waals surface area (Å²) in [5.74, 6) is 0. The molecule has 2 unspecified atom stereocenters. The van der Waals surface area contributed by atoms with Gasteiger partial charge in [-0.05, 0) is 38.5 Å². The predicted octanol–water partition coefficient (Wildman–Crippen LogP) is 2.80. The Morgan fingerprint density at radius 2 is 1.62 bits per heavy atom. The monoisotopic (exact) mass is 225 g/mol. The summed E-state index contributed by atoms with van der Waals surface area (Å²) in [6, 6.07) is 0.564. The van der Waals surface area contributed by atoms with E-state index < -0.39 is 0 Å². The van der Waals surface area contributed by atoms with Crippen LogP contribution >= 0.6 is 0 Å². The first kappa shape index (κ1) is 12.4. The summed E-state index contributed by atoms with van der Waals surface area (Å²) >= 11 is 0. The van der Waals surface area contributed by atoms with Crippen molar-refractivity contribution in [3.05, 3.63) is 0 Å². The van der Waals surface area contributed by atoms with Gasteiger partial charge in [-0.15, -0.1) is 0 Å². The maximum atomic E-state index is 9.41. The topological polar surface area (TPSA) is 23.5 Å². The highest BCUT2D eigenvalue weighted by Gasteiger charge is 2.43. The zero-order chi connectivity index (χ0) is 11.6. The molecule has 0 amide bonds. The molecule has 1 aliphatic carbocycles. The SMILES string of the molecule is CC(O)CC(C)N1CC2(CCCCCC2)C1. The zero-order valence-corrected chi connectivity index (χ0v) is 10.9. The summed E-state index contributed by atoms with van der Waals surface area (Å²) in [4.78, 5) is 2.57. The Labute approximate surface area is 100 Å². The Hall–Kier alpha value is -0.0800. The minimum absolute atomic E-state index is 0.152. The van der Waals surface area contributed by atoms with Crippen LogP contribution in [-0.4, -0.2) is 35.2 Å². The smallest absolute Gasteiger partial charge is 0.0526 e. The van der Waals surface area contributed by atoms with E-state index in [1.54, 1.807) is 0 Å². The lowest BCUT2D eigenvalue weighted by atomic mass is 9.72. The Morgan fingerprint density at radius 3 is 2.12 bits per heavy atom. The number of aliphatic hydroxyl groups is 1. The third-order valence-corrected chi connectivity index (χ3v) is 4.55. The van der Waals surface area contributed by atoms with Crippen LogP contribution in [-0.2, 0) is 0 Å². The fourth-order valence-electron chi connectivity index (χ4n) is 3.56. The summed E-state index contributed by atoms with van der Waals surface area (Å²) < 4.78 is 0. The van der Waals surface area contributed by atoms with Gasteiger partial charge in [0.25, 0.3) is 0 Å². The third kappa shape index (κ3) is 2.78. The van der Waals surface area contributed by atoms with Crippen LogP contribution in [0.25, 0.3) is 0 Å². The highest BCUT2D eigenvalue weighted by atomic mass is 16.3. The van der Waals surface area contributed by atoms with Crippen LogP contribution in [0.15, 0.2) is 0 Å². The summed E-state index contributed by atoms with van der Waals surface area (Å²) in [5.41, 5.74) is 0.670. The molecule has 0 radical (unpaired) electrons. The van der Waals surface area contributed by atoms with Crippen LogP contribution in [0, 0.1) is 5.41 Å². The molecule has 94 valence electrons. The number of aliphatic hydroxyl groups excluding tert-OH is 1. The van der Waals surface area contributed by atoms with Crippen molar-refractivity contribution in [1.82, 2.24) is 4.90 Å². The molecule has 1 saturated heterocycles. The minimum Gasteiger partial charge on any atom is -0.393 e.